The molecule has 23 heavy (non-hydrogen) atoms. The number of hydrogen-bond donors (Lipinski definition) is 2. The van der Waals surface area contributed by atoms with Crippen molar-refractivity contribution in [2.24, 2.45) is 0 Å². The number of nitrogens with zero attached hydrogens (tertiary/aromatic N) is 1. The molecule has 1 aromatic carbocycles. The Hall–Kier alpha value is -2.63. The lowest BCUT2D eigenvalue weighted by molar-refractivity contribution is -0.122. The first-order valence-electron chi connectivity index (χ1n) is 7.50. The number of likely N-dealkylation sites (N-methyl/N-ethyl adjacent to an activating group) is 1. The molecule has 0 aliphatic rings. The van der Waals surface area contributed by atoms with E-state index in [0.29, 0.717) is 23.6 Å². The molecule has 6 nitrogen and oxygen atoms in total. The topological polar surface area (TPSA) is 80.3 Å². The molecule has 0 saturated heterocycles. The van der Waals surface area contributed by atoms with Crippen molar-refractivity contribution in [2.45, 2.75) is 26.8 Å². The minimum absolute atomic E-state index is 0.211. The van der Waals surface area contributed by atoms with Gasteiger partial charge < -0.3 is 15.4 Å². The number of ether oxygens (including phenoxy) is 1. The van der Waals surface area contributed by atoms with Gasteiger partial charge in [-0.25, -0.2) is 0 Å². The van der Waals surface area contributed by atoms with Crippen molar-refractivity contribution < 1.29 is 14.3 Å². The van der Waals surface area contributed by atoms with E-state index in [1.807, 2.05) is 25.1 Å². The lowest BCUT2D eigenvalue weighted by Gasteiger charge is -2.14. The minimum Gasteiger partial charge on any atom is -0.497 e. The molecule has 0 fully saturated rings. The van der Waals surface area contributed by atoms with Gasteiger partial charge in [-0.1, -0.05) is 0 Å². The van der Waals surface area contributed by atoms with Gasteiger partial charge in [-0.15, -0.1) is 0 Å². The highest BCUT2D eigenvalue weighted by molar-refractivity contribution is 6.00. The average Bonchev–Trinajstić information content (AvgIpc) is 2.53. The van der Waals surface area contributed by atoms with Crippen molar-refractivity contribution in [1.29, 1.82) is 0 Å². The number of benzene rings is 1. The van der Waals surface area contributed by atoms with E-state index >= 15 is 0 Å². The Morgan fingerprint density at radius 1 is 1.30 bits per heavy atom. The zero-order chi connectivity index (χ0) is 17.0. The van der Waals surface area contributed by atoms with Gasteiger partial charge in [0.15, 0.2) is 0 Å². The van der Waals surface area contributed by atoms with Crippen molar-refractivity contribution in [1.82, 2.24) is 15.6 Å². The number of aryl methyl sites for hydroxylation is 1. The lowest BCUT2D eigenvalue weighted by atomic mass is 10.1. The van der Waals surface area contributed by atoms with Crippen LogP contribution in [0.5, 0.6) is 5.75 Å². The number of pyridine rings is 1. The van der Waals surface area contributed by atoms with Gasteiger partial charge in [-0.2, -0.15) is 0 Å². The highest BCUT2D eigenvalue weighted by Gasteiger charge is 2.18. The van der Waals surface area contributed by atoms with E-state index in [4.69, 9.17) is 4.74 Å². The summed E-state index contributed by atoms with van der Waals surface area (Å²) in [6.45, 7) is 5.78. The normalized spacial score (nSPS) is 11.8. The molecule has 0 unspecified atom stereocenters. The molecule has 1 atom stereocenters. The fourth-order valence-corrected chi connectivity index (χ4v) is 2.27. The number of methoxy groups -OCH3 is 1. The Morgan fingerprint density at radius 3 is 2.70 bits per heavy atom. The van der Waals surface area contributed by atoms with E-state index in [1.165, 1.54) is 0 Å². The van der Waals surface area contributed by atoms with Crippen molar-refractivity contribution in [3.05, 3.63) is 35.5 Å². The summed E-state index contributed by atoms with van der Waals surface area (Å²) in [5.74, 6) is 0.190. The number of carbonyl (C=O) groups excluding carboxylic acids is 2. The molecular formula is C17H21N3O3. The maximum absolute atomic E-state index is 12.4. The van der Waals surface area contributed by atoms with Gasteiger partial charge in [0.1, 0.15) is 11.8 Å². The van der Waals surface area contributed by atoms with Crippen LogP contribution in [0, 0.1) is 6.92 Å². The van der Waals surface area contributed by atoms with Gasteiger partial charge in [-0.3, -0.25) is 14.6 Å². The summed E-state index contributed by atoms with van der Waals surface area (Å²) in [5.41, 5.74) is 1.82. The Balaban J connectivity index is 2.26. The van der Waals surface area contributed by atoms with Gasteiger partial charge in [0.25, 0.3) is 5.91 Å². The first-order valence-corrected chi connectivity index (χ1v) is 7.50. The molecule has 0 aliphatic carbocycles. The lowest BCUT2D eigenvalue weighted by Crippen LogP contribution is -2.44. The smallest absolute Gasteiger partial charge is 0.253 e. The third kappa shape index (κ3) is 3.77. The van der Waals surface area contributed by atoms with Gasteiger partial charge >= 0.3 is 0 Å². The fraction of sp³-hybridized carbons (Fsp3) is 0.353. The van der Waals surface area contributed by atoms with Crippen LogP contribution in [0.2, 0.25) is 0 Å². The number of aromatic nitrogens is 1. The van der Waals surface area contributed by atoms with E-state index in [1.54, 1.807) is 27.0 Å². The fourth-order valence-electron chi connectivity index (χ4n) is 2.27. The second-order valence-electron chi connectivity index (χ2n) is 5.27. The third-order valence-corrected chi connectivity index (χ3v) is 3.55. The van der Waals surface area contributed by atoms with E-state index in [0.717, 1.165) is 10.9 Å². The summed E-state index contributed by atoms with van der Waals surface area (Å²) in [6.07, 6.45) is 0. The van der Waals surface area contributed by atoms with Crippen LogP contribution in [0.3, 0.4) is 0 Å². The summed E-state index contributed by atoms with van der Waals surface area (Å²) < 4.78 is 5.18. The van der Waals surface area contributed by atoms with Gasteiger partial charge in [-0.05, 0) is 39.0 Å². The van der Waals surface area contributed by atoms with Crippen LogP contribution in [0.4, 0.5) is 0 Å². The minimum atomic E-state index is -0.603. The summed E-state index contributed by atoms with van der Waals surface area (Å²) in [5, 5.41) is 6.21. The monoisotopic (exact) mass is 315 g/mol. The maximum Gasteiger partial charge on any atom is 0.253 e. The van der Waals surface area contributed by atoms with E-state index in [9.17, 15) is 9.59 Å². The number of nitrogens with one attached hydrogen (secondary N) is 2. The highest BCUT2D eigenvalue weighted by atomic mass is 16.5. The summed E-state index contributed by atoms with van der Waals surface area (Å²) in [7, 11) is 1.60. The number of rotatable bonds is 5. The maximum atomic E-state index is 12.4. The molecule has 0 radical (unpaired) electrons. The molecule has 2 rings (SSSR count). The molecule has 0 bridgehead atoms. The summed E-state index contributed by atoms with van der Waals surface area (Å²) in [4.78, 5) is 28.6. The predicted octanol–water partition coefficient (Wildman–Crippen LogP) is 1.81. The van der Waals surface area contributed by atoms with E-state index in [2.05, 4.69) is 15.6 Å². The van der Waals surface area contributed by atoms with Gasteiger partial charge in [0, 0.05) is 18.0 Å². The van der Waals surface area contributed by atoms with Crippen LogP contribution in [0.25, 0.3) is 10.9 Å². The average molecular weight is 315 g/mol. The van der Waals surface area contributed by atoms with Crippen LogP contribution < -0.4 is 15.4 Å². The Kier molecular flexibility index (Phi) is 5.16. The first kappa shape index (κ1) is 16.7. The number of fused-ring (bicyclic) bond motifs is 1. The van der Waals surface area contributed by atoms with Crippen LogP contribution in [0.1, 0.15) is 29.9 Å². The number of carbonyl (C=O) groups is 2. The Bertz CT molecular complexity index is 743. The standard InChI is InChI=1S/C17H21N3O3/c1-5-18-16(21)11(3)20-17(22)14-8-12-6-7-13(23-4)9-15(12)19-10(14)2/h6-9,11H,5H2,1-4H3,(H,18,21)(H,20,22)/t11-/m0/s1. The Morgan fingerprint density at radius 2 is 2.04 bits per heavy atom. The van der Waals surface area contributed by atoms with E-state index < -0.39 is 6.04 Å². The van der Waals surface area contributed by atoms with Gasteiger partial charge in [0.2, 0.25) is 5.91 Å². The molecule has 0 aliphatic heterocycles. The molecule has 1 aromatic heterocycles. The second kappa shape index (κ2) is 7.09. The molecule has 122 valence electrons. The Labute approximate surface area is 135 Å². The zero-order valence-corrected chi connectivity index (χ0v) is 13.8. The van der Waals surface area contributed by atoms with Gasteiger partial charge in [0.05, 0.1) is 23.9 Å². The van der Waals surface area contributed by atoms with Crippen LogP contribution in [0.15, 0.2) is 24.3 Å². The molecular weight excluding hydrogens is 294 g/mol. The summed E-state index contributed by atoms with van der Waals surface area (Å²) >= 11 is 0. The third-order valence-electron chi connectivity index (χ3n) is 3.55. The SMILES string of the molecule is CCNC(=O)[C@H](C)NC(=O)c1cc2ccc(OC)cc2nc1C. The first-order chi connectivity index (χ1) is 11.0. The molecule has 0 spiro atoms. The van der Waals surface area contributed by atoms with Crippen molar-refractivity contribution in [3.8, 4) is 5.75 Å². The predicted molar refractivity (Wildman–Crippen MR) is 88.6 cm³/mol. The summed E-state index contributed by atoms with van der Waals surface area (Å²) in [6, 6.07) is 6.66. The molecule has 6 heteroatoms. The zero-order valence-electron chi connectivity index (χ0n) is 13.8. The molecule has 2 aromatic rings. The van der Waals surface area contributed by atoms with Crippen molar-refractivity contribution in [3.63, 3.8) is 0 Å². The molecule has 1 heterocycles. The molecule has 0 saturated carbocycles. The van der Waals surface area contributed by atoms with Crippen LogP contribution in [-0.4, -0.2) is 36.5 Å². The van der Waals surface area contributed by atoms with Crippen LogP contribution >= 0.6 is 0 Å². The molecule has 2 amide bonds. The van der Waals surface area contributed by atoms with Crippen LogP contribution in [-0.2, 0) is 4.79 Å². The number of amides is 2. The number of hydrogen-bond acceptors (Lipinski definition) is 4. The highest BCUT2D eigenvalue weighted by Crippen LogP contribution is 2.21. The second-order valence-corrected chi connectivity index (χ2v) is 5.27. The molecule has 2 N–H and O–H groups in total. The van der Waals surface area contributed by atoms with Crippen molar-refractivity contribution in [2.75, 3.05) is 13.7 Å². The quantitative estimate of drug-likeness (QED) is 0.882. The largest absolute Gasteiger partial charge is 0.497 e. The van der Waals surface area contributed by atoms with E-state index in [-0.39, 0.29) is 11.8 Å². The van der Waals surface area contributed by atoms with Crippen molar-refractivity contribution >= 4 is 22.7 Å².